The zero-order chi connectivity index (χ0) is 23.5. The average Bonchev–Trinajstić information content (AvgIpc) is 3.34. The van der Waals surface area contributed by atoms with Crippen LogP contribution in [0.4, 0.5) is 5.69 Å². The number of hydrogen-bond acceptors (Lipinski definition) is 4. The van der Waals surface area contributed by atoms with Crippen LogP contribution in [-0.2, 0) is 11.3 Å². The van der Waals surface area contributed by atoms with E-state index in [4.69, 9.17) is 23.2 Å². The molecule has 0 bridgehead atoms. The monoisotopic (exact) mass is 488 g/mol. The summed E-state index contributed by atoms with van der Waals surface area (Å²) in [5.41, 5.74) is 2.60. The van der Waals surface area contributed by atoms with E-state index in [1.165, 1.54) is 0 Å². The predicted octanol–water partition coefficient (Wildman–Crippen LogP) is 5.17. The van der Waals surface area contributed by atoms with Gasteiger partial charge in [0.15, 0.2) is 0 Å². The molecule has 33 heavy (non-hydrogen) atoms. The van der Waals surface area contributed by atoms with Crippen LogP contribution in [0.1, 0.15) is 54.2 Å². The number of piperazine rings is 1. The summed E-state index contributed by atoms with van der Waals surface area (Å²) in [7, 11) is 0. The minimum absolute atomic E-state index is 0.140. The Kier molecular flexibility index (Phi) is 7.57. The van der Waals surface area contributed by atoms with Gasteiger partial charge in [-0.15, -0.1) is 0 Å². The standard InChI is InChI=1S/C25H30Cl2N4O2/c1-16-7-8-19(13-28-16)24(32)29-22-10-9-21(26)20(23(22)27)15-30-11-12-31(17(2)14-30)25(33)18-5-3-4-6-18/h7-10,13,17-18H,3-6,11-12,14-15H2,1-2H3,(H,29,32)/t17-/m0/s1. The molecule has 1 atom stereocenters. The molecule has 1 aliphatic carbocycles. The Labute approximate surface area is 205 Å². The van der Waals surface area contributed by atoms with Gasteiger partial charge in [0.25, 0.3) is 5.91 Å². The van der Waals surface area contributed by atoms with E-state index in [0.717, 1.165) is 50.0 Å². The molecule has 2 heterocycles. The maximum atomic E-state index is 12.9. The fraction of sp³-hybridized carbons (Fsp3) is 0.480. The molecular formula is C25H30Cl2N4O2. The molecule has 4 rings (SSSR count). The summed E-state index contributed by atoms with van der Waals surface area (Å²) in [6.45, 7) is 6.77. The molecule has 1 saturated carbocycles. The van der Waals surface area contributed by atoms with E-state index in [1.54, 1.807) is 30.5 Å². The minimum atomic E-state index is -0.273. The highest BCUT2D eigenvalue weighted by Crippen LogP contribution is 2.34. The maximum Gasteiger partial charge on any atom is 0.257 e. The lowest BCUT2D eigenvalue weighted by Crippen LogP contribution is -2.54. The van der Waals surface area contributed by atoms with Crippen LogP contribution in [-0.4, -0.2) is 52.3 Å². The third kappa shape index (κ3) is 5.51. The molecule has 1 aliphatic heterocycles. The summed E-state index contributed by atoms with van der Waals surface area (Å²) in [4.78, 5) is 34.0. The van der Waals surface area contributed by atoms with E-state index in [-0.39, 0.29) is 17.9 Å². The number of anilines is 1. The smallest absolute Gasteiger partial charge is 0.257 e. The number of carbonyl (C=O) groups is 2. The largest absolute Gasteiger partial charge is 0.337 e. The van der Waals surface area contributed by atoms with Gasteiger partial charge in [-0.05, 0) is 51.0 Å². The highest BCUT2D eigenvalue weighted by Gasteiger charge is 2.33. The maximum absolute atomic E-state index is 12.9. The quantitative estimate of drug-likeness (QED) is 0.629. The second-order valence-corrected chi connectivity index (χ2v) is 9.91. The number of nitrogens with zero attached hydrogens (tertiary/aromatic N) is 3. The fourth-order valence-electron chi connectivity index (χ4n) is 4.77. The Hall–Kier alpha value is -2.15. The van der Waals surface area contributed by atoms with Gasteiger partial charge in [0.2, 0.25) is 5.91 Å². The molecule has 2 fully saturated rings. The number of aromatic nitrogens is 1. The first kappa shape index (κ1) is 24.0. The first-order chi connectivity index (χ1) is 15.8. The van der Waals surface area contributed by atoms with Gasteiger partial charge in [0.1, 0.15) is 0 Å². The van der Waals surface area contributed by atoms with Gasteiger partial charge < -0.3 is 10.2 Å². The Bertz CT molecular complexity index is 1020. The van der Waals surface area contributed by atoms with Crippen LogP contribution in [0.25, 0.3) is 0 Å². The summed E-state index contributed by atoms with van der Waals surface area (Å²) in [6.07, 6.45) is 5.91. The molecular weight excluding hydrogens is 459 g/mol. The number of carbonyl (C=O) groups excluding carboxylic acids is 2. The molecule has 2 aromatic rings. The van der Waals surface area contributed by atoms with Gasteiger partial charge in [-0.2, -0.15) is 0 Å². The minimum Gasteiger partial charge on any atom is -0.337 e. The second kappa shape index (κ2) is 10.4. The lowest BCUT2D eigenvalue weighted by atomic mass is 10.0. The van der Waals surface area contributed by atoms with Crippen LogP contribution >= 0.6 is 23.2 Å². The fourth-order valence-corrected chi connectivity index (χ4v) is 5.31. The zero-order valence-electron chi connectivity index (χ0n) is 19.1. The SMILES string of the molecule is Cc1ccc(C(=O)Nc2ccc(Cl)c(CN3CCN(C(=O)C4CCCC4)[C@@H](C)C3)c2Cl)cn1. The van der Waals surface area contributed by atoms with Gasteiger partial charge in [-0.3, -0.25) is 19.5 Å². The summed E-state index contributed by atoms with van der Waals surface area (Å²) in [6, 6.07) is 7.14. The summed E-state index contributed by atoms with van der Waals surface area (Å²) < 4.78 is 0. The lowest BCUT2D eigenvalue weighted by molar-refractivity contribution is -0.140. The van der Waals surface area contributed by atoms with Crippen molar-refractivity contribution in [1.29, 1.82) is 0 Å². The van der Waals surface area contributed by atoms with E-state index in [1.807, 2.05) is 11.8 Å². The number of pyridine rings is 1. The molecule has 8 heteroatoms. The van der Waals surface area contributed by atoms with Crippen molar-refractivity contribution in [1.82, 2.24) is 14.8 Å². The van der Waals surface area contributed by atoms with Crippen molar-refractivity contribution in [2.75, 3.05) is 25.0 Å². The van der Waals surface area contributed by atoms with Crippen LogP contribution in [0.15, 0.2) is 30.5 Å². The van der Waals surface area contributed by atoms with Gasteiger partial charge in [0.05, 0.1) is 16.3 Å². The molecule has 2 amide bonds. The van der Waals surface area contributed by atoms with E-state index in [2.05, 4.69) is 22.1 Å². The van der Waals surface area contributed by atoms with Crippen molar-refractivity contribution < 1.29 is 9.59 Å². The number of aryl methyl sites for hydroxylation is 1. The molecule has 0 radical (unpaired) electrons. The van der Waals surface area contributed by atoms with Gasteiger partial charge in [0, 0.05) is 60.6 Å². The van der Waals surface area contributed by atoms with Crippen molar-refractivity contribution in [2.24, 2.45) is 5.92 Å². The van der Waals surface area contributed by atoms with Crippen LogP contribution in [0.3, 0.4) is 0 Å². The van der Waals surface area contributed by atoms with Crippen LogP contribution < -0.4 is 5.32 Å². The lowest BCUT2D eigenvalue weighted by Gasteiger charge is -2.41. The van der Waals surface area contributed by atoms with Crippen LogP contribution in [0.2, 0.25) is 10.0 Å². The molecule has 1 saturated heterocycles. The molecule has 1 aromatic carbocycles. The van der Waals surface area contributed by atoms with E-state index in [9.17, 15) is 9.59 Å². The number of hydrogen-bond donors (Lipinski definition) is 1. The topological polar surface area (TPSA) is 65.5 Å². The Morgan fingerprint density at radius 2 is 1.88 bits per heavy atom. The molecule has 2 aliphatic rings. The summed E-state index contributed by atoms with van der Waals surface area (Å²) in [5, 5.41) is 3.87. The third-order valence-corrected chi connectivity index (χ3v) is 7.47. The number of nitrogens with one attached hydrogen (secondary N) is 1. The van der Waals surface area contributed by atoms with E-state index >= 15 is 0 Å². The van der Waals surface area contributed by atoms with Gasteiger partial charge >= 0.3 is 0 Å². The summed E-state index contributed by atoms with van der Waals surface area (Å²) in [5.74, 6) is 0.239. The summed E-state index contributed by atoms with van der Waals surface area (Å²) >= 11 is 13.2. The zero-order valence-corrected chi connectivity index (χ0v) is 20.6. The van der Waals surface area contributed by atoms with Gasteiger partial charge in [-0.1, -0.05) is 36.0 Å². The molecule has 6 nitrogen and oxygen atoms in total. The Morgan fingerprint density at radius 3 is 2.55 bits per heavy atom. The first-order valence-electron chi connectivity index (χ1n) is 11.6. The van der Waals surface area contributed by atoms with Crippen molar-refractivity contribution in [3.8, 4) is 0 Å². The molecule has 0 unspecified atom stereocenters. The first-order valence-corrected chi connectivity index (χ1v) is 12.3. The number of rotatable bonds is 5. The predicted molar refractivity (Wildman–Crippen MR) is 132 cm³/mol. The van der Waals surface area contributed by atoms with Crippen molar-refractivity contribution >= 4 is 40.7 Å². The Balaban J connectivity index is 1.42. The third-order valence-electron chi connectivity index (χ3n) is 6.69. The molecule has 176 valence electrons. The normalized spacial score (nSPS) is 19.6. The van der Waals surface area contributed by atoms with E-state index in [0.29, 0.717) is 40.3 Å². The average molecular weight is 489 g/mol. The molecule has 0 spiro atoms. The van der Waals surface area contributed by atoms with Crippen LogP contribution in [0.5, 0.6) is 0 Å². The number of benzene rings is 1. The van der Waals surface area contributed by atoms with Gasteiger partial charge in [-0.25, -0.2) is 0 Å². The number of amides is 2. The van der Waals surface area contributed by atoms with Crippen molar-refractivity contribution in [3.63, 3.8) is 0 Å². The highest BCUT2D eigenvalue weighted by molar-refractivity contribution is 6.38. The number of halogens is 2. The van der Waals surface area contributed by atoms with Crippen molar-refractivity contribution in [2.45, 2.75) is 52.1 Å². The second-order valence-electron chi connectivity index (χ2n) is 9.13. The van der Waals surface area contributed by atoms with E-state index < -0.39 is 0 Å². The van der Waals surface area contributed by atoms with Crippen molar-refractivity contribution in [3.05, 3.63) is 57.3 Å². The molecule has 1 aromatic heterocycles. The Morgan fingerprint density at radius 1 is 1.12 bits per heavy atom. The van der Waals surface area contributed by atoms with Crippen LogP contribution in [0, 0.1) is 12.8 Å². The molecule has 1 N–H and O–H groups in total. The highest BCUT2D eigenvalue weighted by atomic mass is 35.5.